The zero-order valence-electron chi connectivity index (χ0n) is 13.6. The molecule has 1 heterocycles. The van der Waals surface area contributed by atoms with Gasteiger partial charge in [0.25, 0.3) is 0 Å². The maximum Gasteiger partial charge on any atom is 0.159 e. The first-order valence-electron chi connectivity index (χ1n) is 8.02. The lowest BCUT2D eigenvalue weighted by Gasteiger charge is -2.02. The molecule has 3 heteroatoms. The van der Waals surface area contributed by atoms with Gasteiger partial charge in [0.1, 0.15) is 0 Å². The van der Waals surface area contributed by atoms with Crippen LogP contribution in [0.5, 0.6) is 0 Å². The van der Waals surface area contributed by atoms with Crippen molar-refractivity contribution in [1.29, 1.82) is 0 Å². The highest BCUT2D eigenvalue weighted by molar-refractivity contribution is 5.56. The summed E-state index contributed by atoms with van der Waals surface area (Å²) in [5.41, 5.74) is 3.20. The summed E-state index contributed by atoms with van der Waals surface area (Å²) in [6.45, 7) is 5.34. The zero-order valence-corrected chi connectivity index (χ0v) is 13.6. The molecule has 0 saturated carbocycles. The van der Waals surface area contributed by atoms with Gasteiger partial charge in [0, 0.05) is 23.5 Å². The number of rotatable bonds is 8. The van der Waals surface area contributed by atoms with Gasteiger partial charge in [0.2, 0.25) is 0 Å². The first kappa shape index (κ1) is 17.1. The van der Waals surface area contributed by atoms with Gasteiger partial charge in [-0.15, -0.1) is 6.58 Å². The molecule has 0 bridgehead atoms. The molecule has 23 heavy (non-hydrogen) atoms. The molecule has 1 aromatic carbocycles. The first-order chi connectivity index (χ1) is 11.2. The summed E-state index contributed by atoms with van der Waals surface area (Å²) >= 11 is 0. The van der Waals surface area contributed by atoms with Crippen LogP contribution in [0.1, 0.15) is 37.3 Å². The van der Waals surface area contributed by atoms with Gasteiger partial charge >= 0.3 is 0 Å². The van der Waals surface area contributed by atoms with Crippen LogP contribution in [0.15, 0.2) is 55.4 Å². The van der Waals surface area contributed by atoms with E-state index in [1.54, 1.807) is 6.92 Å². The average Bonchev–Trinajstić information content (AvgIpc) is 2.56. The number of benzene rings is 1. The molecule has 0 spiro atoms. The Balaban J connectivity index is 1.93. The summed E-state index contributed by atoms with van der Waals surface area (Å²) < 4.78 is 12.7. The number of halogens is 1. The predicted molar refractivity (Wildman–Crippen MR) is 94.8 cm³/mol. The van der Waals surface area contributed by atoms with Crippen LogP contribution in [0.25, 0.3) is 17.5 Å². The van der Waals surface area contributed by atoms with E-state index in [1.165, 1.54) is 5.56 Å². The molecule has 0 amide bonds. The molecule has 0 radical (unpaired) electrons. The molecule has 0 aliphatic carbocycles. The molecule has 1 atom stereocenters. The summed E-state index contributed by atoms with van der Waals surface area (Å²) in [7, 11) is 0. The van der Waals surface area contributed by atoms with E-state index in [-0.39, 0.29) is 0 Å². The van der Waals surface area contributed by atoms with E-state index in [0.29, 0.717) is 6.42 Å². The van der Waals surface area contributed by atoms with Crippen molar-refractivity contribution in [3.05, 3.63) is 66.5 Å². The van der Waals surface area contributed by atoms with Gasteiger partial charge in [-0.05, 0) is 38.2 Å². The number of hydrogen-bond donors (Lipinski definition) is 0. The average molecular weight is 310 g/mol. The summed E-state index contributed by atoms with van der Waals surface area (Å²) in [5.74, 6) is 0.721. The quantitative estimate of drug-likeness (QED) is 0.481. The number of unbranched alkanes of at least 4 members (excludes halogenated alkanes) is 1. The largest absolute Gasteiger partial charge is 0.248 e. The maximum absolute atomic E-state index is 12.7. The third kappa shape index (κ3) is 5.78. The van der Waals surface area contributed by atoms with Crippen molar-refractivity contribution < 1.29 is 4.39 Å². The van der Waals surface area contributed by atoms with Gasteiger partial charge in [-0.2, -0.15) is 0 Å². The fourth-order valence-electron chi connectivity index (χ4n) is 2.27. The third-order valence-corrected chi connectivity index (χ3v) is 3.55. The minimum absolute atomic E-state index is 0.613. The minimum Gasteiger partial charge on any atom is -0.248 e. The summed E-state index contributed by atoms with van der Waals surface area (Å²) in [6.07, 6.45) is 12.1. The SMILES string of the molecule is C=CCc1ccc(-c2ncc(/C=C/CCCC(C)F)cn2)cc1. The van der Waals surface area contributed by atoms with Crippen molar-refractivity contribution in [2.45, 2.75) is 38.8 Å². The van der Waals surface area contributed by atoms with Crippen LogP contribution in [-0.4, -0.2) is 16.1 Å². The van der Waals surface area contributed by atoms with E-state index in [2.05, 4.69) is 28.7 Å². The van der Waals surface area contributed by atoms with Crippen LogP contribution < -0.4 is 0 Å². The standard InChI is InChI=1S/C20H23FN2/c1-3-7-17-10-12-19(13-11-17)20-22-14-18(15-23-20)9-6-4-5-8-16(2)21/h3,6,9-16H,1,4-5,7-8H2,2H3/b9-6+. The molecule has 2 rings (SSSR count). The van der Waals surface area contributed by atoms with Crippen molar-refractivity contribution in [2.24, 2.45) is 0 Å². The number of nitrogens with zero attached hydrogens (tertiary/aromatic N) is 2. The third-order valence-electron chi connectivity index (χ3n) is 3.55. The van der Waals surface area contributed by atoms with Gasteiger partial charge in [-0.1, -0.05) is 42.5 Å². The fourth-order valence-corrected chi connectivity index (χ4v) is 2.27. The van der Waals surface area contributed by atoms with Gasteiger partial charge in [0.05, 0.1) is 6.17 Å². The predicted octanol–water partition coefficient (Wildman–Crippen LogP) is 5.41. The monoisotopic (exact) mass is 310 g/mol. The normalized spacial score (nSPS) is 12.4. The van der Waals surface area contributed by atoms with E-state index in [1.807, 2.05) is 42.8 Å². The molecule has 1 unspecified atom stereocenters. The van der Waals surface area contributed by atoms with Gasteiger partial charge in [0.15, 0.2) is 5.82 Å². The molecule has 0 N–H and O–H groups in total. The summed E-state index contributed by atoms with van der Waals surface area (Å²) in [4.78, 5) is 8.82. The minimum atomic E-state index is -0.719. The van der Waals surface area contributed by atoms with Crippen LogP contribution in [-0.2, 0) is 6.42 Å². The van der Waals surface area contributed by atoms with Crippen molar-refractivity contribution in [3.63, 3.8) is 0 Å². The van der Waals surface area contributed by atoms with Crippen molar-refractivity contribution >= 4 is 6.08 Å². The second-order valence-corrected chi connectivity index (χ2v) is 5.64. The highest BCUT2D eigenvalue weighted by Crippen LogP contribution is 2.16. The zero-order chi connectivity index (χ0) is 16.5. The van der Waals surface area contributed by atoms with Crippen LogP contribution >= 0.6 is 0 Å². The van der Waals surface area contributed by atoms with Crippen LogP contribution in [0.4, 0.5) is 4.39 Å². The highest BCUT2D eigenvalue weighted by Gasteiger charge is 2.01. The van der Waals surface area contributed by atoms with Gasteiger partial charge in [-0.3, -0.25) is 0 Å². The Kier molecular flexibility index (Phi) is 6.67. The number of aromatic nitrogens is 2. The van der Waals surface area contributed by atoms with Crippen molar-refractivity contribution in [2.75, 3.05) is 0 Å². The first-order valence-corrected chi connectivity index (χ1v) is 8.02. The second-order valence-electron chi connectivity index (χ2n) is 5.64. The Morgan fingerprint density at radius 3 is 2.48 bits per heavy atom. The molecule has 1 aromatic heterocycles. The molecule has 2 aromatic rings. The van der Waals surface area contributed by atoms with E-state index in [4.69, 9.17) is 0 Å². The fraction of sp³-hybridized carbons (Fsp3) is 0.300. The number of allylic oxidation sites excluding steroid dienone is 2. The molecule has 2 nitrogen and oxygen atoms in total. The Morgan fingerprint density at radius 1 is 1.17 bits per heavy atom. The van der Waals surface area contributed by atoms with E-state index < -0.39 is 6.17 Å². The Labute approximate surface area is 137 Å². The smallest absolute Gasteiger partial charge is 0.159 e. The van der Waals surface area contributed by atoms with E-state index >= 15 is 0 Å². The Bertz CT molecular complexity index is 628. The molecule has 0 fully saturated rings. The lowest BCUT2D eigenvalue weighted by atomic mass is 10.1. The lowest BCUT2D eigenvalue weighted by Crippen LogP contribution is -1.91. The van der Waals surface area contributed by atoms with Crippen molar-refractivity contribution in [1.82, 2.24) is 9.97 Å². The number of hydrogen-bond acceptors (Lipinski definition) is 2. The summed E-state index contributed by atoms with van der Waals surface area (Å²) in [6, 6.07) is 8.20. The number of alkyl halides is 1. The second kappa shape index (κ2) is 8.99. The molecular weight excluding hydrogens is 287 g/mol. The van der Waals surface area contributed by atoms with Crippen LogP contribution in [0, 0.1) is 0 Å². The van der Waals surface area contributed by atoms with Crippen LogP contribution in [0.2, 0.25) is 0 Å². The topological polar surface area (TPSA) is 25.8 Å². The molecule has 0 saturated heterocycles. The molecule has 0 aliphatic heterocycles. The van der Waals surface area contributed by atoms with Gasteiger partial charge < -0.3 is 0 Å². The van der Waals surface area contributed by atoms with E-state index in [9.17, 15) is 4.39 Å². The van der Waals surface area contributed by atoms with Crippen LogP contribution in [0.3, 0.4) is 0 Å². The summed E-state index contributed by atoms with van der Waals surface area (Å²) in [5, 5.41) is 0. The molecule has 0 aliphatic rings. The van der Waals surface area contributed by atoms with Gasteiger partial charge in [-0.25, -0.2) is 14.4 Å². The van der Waals surface area contributed by atoms with E-state index in [0.717, 1.165) is 36.2 Å². The molecule has 120 valence electrons. The molecular formula is C20H23FN2. The Morgan fingerprint density at radius 2 is 1.87 bits per heavy atom. The highest BCUT2D eigenvalue weighted by atomic mass is 19.1. The Hall–Kier alpha value is -2.29. The van der Waals surface area contributed by atoms with Crippen molar-refractivity contribution in [3.8, 4) is 11.4 Å². The maximum atomic E-state index is 12.7. The lowest BCUT2D eigenvalue weighted by molar-refractivity contribution is 0.335.